The smallest absolute Gasteiger partial charge is 0.404 e. The maximum absolute atomic E-state index is 14.3. The number of anilines is 1. The Kier molecular flexibility index (Phi) is 4.20. The van der Waals surface area contributed by atoms with E-state index in [1.807, 2.05) is 0 Å². The maximum atomic E-state index is 14.3. The van der Waals surface area contributed by atoms with E-state index < -0.39 is 17.6 Å². The Bertz CT molecular complexity index is 751. The van der Waals surface area contributed by atoms with Crippen molar-refractivity contribution in [3.8, 4) is 18.1 Å². The summed E-state index contributed by atoms with van der Waals surface area (Å²) in [6, 6.07) is 2.25. The summed E-state index contributed by atoms with van der Waals surface area (Å²) in [5.74, 6) is 0.718. The molecule has 4 nitrogen and oxygen atoms in total. The summed E-state index contributed by atoms with van der Waals surface area (Å²) in [4.78, 5) is 25.8. The normalized spacial score (nSPS) is 18.1. The molecule has 0 bridgehead atoms. The molecule has 117 valence electrons. The van der Waals surface area contributed by atoms with Gasteiger partial charge in [0.2, 0.25) is 5.69 Å². The molecule has 1 aliphatic heterocycles. The maximum Gasteiger partial charge on any atom is 0.404 e. The van der Waals surface area contributed by atoms with Gasteiger partial charge in [0.25, 0.3) is 0 Å². The van der Waals surface area contributed by atoms with Crippen LogP contribution in [0.2, 0.25) is 5.02 Å². The summed E-state index contributed by atoms with van der Waals surface area (Å²) in [6.45, 7) is -0.0541. The molecule has 3 rings (SSSR count). The minimum absolute atomic E-state index is 0.0262. The largest absolute Gasteiger partial charge is 0.479 e. The van der Waals surface area contributed by atoms with Crippen LogP contribution in [-0.4, -0.2) is 18.4 Å². The molecule has 2 amide bonds. The molecule has 1 heterocycles. The molecule has 0 N–H and O–H groups in total. The third-order valence-electron chi connectivity index (χ3n) is 3.94. The van der Waals surface area contributed by atoms with Gasteiger partial charge >= 0.3 is 11.8 Å². The molecule has 0 saturated carbocycles. The average Bonchev–Trinajstić information content (AvgIpc) is 2.79. The number of halogens is 2. The Morgan fingerprint density at radius 1 is 1.22 bits per heavy atom. The lowest BCUT2D eigenvalue weighted by Crippen LogP contribution is -2.33. The highest BCUT2D eigenvalue weighted by molar-refractivity contribution is 6.32. The second-order valence-corrected chi connectivity index (χ2v) is 5.74. The molecule has 1 radical (unpaired) electrons. The lowest BCUT2D eigenvalue weighted by atomic mass is 9.93. The van der Waals surface area contributed by atoms with Gasteiger partial charge in [-0.1, -0.05) is 17.5 Å². The van der Waals surface area contributed by atoms with Gasteiger partial charge in [-0.2, -0.15) is 0 Å². The van der Waals surface area contributed by atoms with E-state index in [1.165, 1.54) is 6.07 Å². The second-order valence-electron chi connectivity index (χ2n) is 5.34. The fraction of sp³-hybridized carbons (Fsp3) is 0.294. The van der Waals surface area contributed by atoms with Crippen LogP contribution in [0.25, 0.3) is 0 Å². The number of hydrogen-bond acceptors (Lipinski definition) is 3. The van der Waals surface area contributed by atoms with Gasteiger partial charge in [-0.15, -0.1) is 6.42 Å². The van der Waals surface area contributed by atoms with Gasteiger partial charge in [0.1, 0.15) is 12.4 Å². The summed E-state index contributed by atoms with van der Waals surface area (Å²) in [7, 11) is 0. The number of terminal acetylenes is 1. The highest BCUT2D eigenvalue weighted by Crippen LogP contribution is 2.39. The zero-order valence-electron chi connectivity index (χ0n) is 12.2. The zero-order chi connectivity index (χ0) is 16.6. The molecule has 0 saturated heterocycles. The van der Waals surface area contributed by atoms with E-state index in [1.54, 1.807) is 0 Å². The first-order chi connectivity index (χ1) is 11.0. The summed E-state index contributed by atoms with van der Waals surface area (Å²) in [5, 5.41) is 0.0262. The third-order valence-corrected chi connectivity index (χ3v) is 4.24. The van der Waals surface area contributed by atoms with Crippen LogP contribution >= 0.6 is 11.6 Å². The molecule has 6 heteroatoms. The number of carbonyl (C=O) groups excluding carboxylic acids is 2. The first kappa shape index (κ1) is 15.7. The fourth-order valence-electron chi connectivity index (χ4n) is 2.88. The number of nitrogens with zero attached hydrogens (tertiary/aromatic N) is 1. The number of ether oxygens (including phenoxy) is 1. The topological polar surface area (TPSA) is 49.3 Å². The van der Waals surface area contributed by atoms with E-state index in [-0.39, 0.29) is 23.1 Å². The molecular weight excluding hydrogens is 321 g/mol. The third kappa shape index (κ3) is 2.65. The van der Waals surface area contributed by atoms with E-state index in [2.05, 4.69) is 5.92 Å². The minimum Gasteiger partial charge on any atom is -0.479 e. The molecule has 0 fully saturated rings. The fourth-order valence-corrected chi connectivity index (χ4v) is 3.08. The van der Waals surface area contributed by atoms with Crippen molar-refractivity contribution in [2.75, 3.05) is 6.61 Å². The number of carbonyl (C=O) groups is 2. The summed E-state index contributed by atoms with van der Waals surface area (Å²) < 4.78 is 19.5. The van der Waals surface area contributed by atoms with E-state index in [4.69, 9.17) is 22.8 Å². The van der Waals surface area contributed by atoms with Crippen molar-refractivity contribution in [1.82, 2.24) is 4.90 Å². The predicted octanol–water partition coefficient (Wildman–Crippen LogP) is 3.20. The van der Waals surface area contributed by atoms with Crippen molar-refractivity contribution < 1.29 is 18.7 Å². The summed E-state index contributed by atoms with van der Waals surface area (Å²) in [6.07, 6.45) is 7.92. The Morgan fingerprint density at radius 2 is 1.83 bits per heavy atom. The lowest BCUT2D eigenvalue weighted by molar-refractivity contribution is -0.128. The van der Waals surface area contributed by atoms with Crippen LogP contribution in [0.3, 0.4) is 0 Å². The second kappa shape index (κ2) is 6.15. The number of hydrogen-bond donors (Lipinski definition) is 0. The van der Waals surface area contributed by atoms with E-state index in [0.717, 1.165) is 23.8 Å². The van der Waals surface area contributed by atoms with Crippen LogP contribution in [-0.2, 0) is 9.59 Å². The van der Waals surface area contributed by atoms with Crippen LogP contribution < -0.4 is 9.64 Å². The van der Waals surface area contributed by atoms with Crippen molar-refractivity contribution in [3.05, 3.63) is 34.1 Å². The van der Waals surface area contributed by atoms with Crippen LogP contribution in [0.4, 0.5) is 10.1 Å². The van der Waals surface area contributed by atoms with Crippen LogP contribution in [0.1, 0.15) is 25.7 Å². The van der Waals surface area contributed by atoms with Gasteiger partial charge in [-0.3, -0.25) is 0 Å². The monoisotopic (exact) mass is 333 g/mol. The van der Waals surface area contributed by atoms with Gasteiger partial charge in [0, 0.05) is 11.0 Å². The van der Waals surface area contributed by atoms with Crippen LogP contribution in [0, 0.1) is 18.2 Å². The average molecular weight is 334 g/mol. The van der Waals surface area contributed by atoms with Gasteiger partial charge in [-0.25, -0.2) is 14.0 Å². The summed E-state index contributed by atoms with van der Waals surface area (Å²) >= 11 is 5.91. The quantitative estimate of drug-likeness (QED) is 0.485. The highest BCUT2D eigenvalue weighted by Gasteiger charge is 2.52. The molecule has 0 spiro atoms. The molecular formula is C17H13ClFNO3+. The van der Waals surface area contributed by atoms with Crippen molar-refractivity contribution in [1.29, 1.82) is 0 Å². The predicted molar refractivity (Wildman–Crippen MR) is 83.0 cm³/mol. The van der Waals surface area contributed by atoms with E-state index >= 15 is 0 Å². The molecule has 0 atom stereocenters. The molecule has 1 aromatic rings. The van der Waals surface area contributed by atoms with Crippen molar-refractivity contribution >= 4 is 29.1 Å². The van der Waals surface area contributed by atoms with Crippen LogP contribution in [0.15, 0.2) is 23.3 Å². The molecule has 23 heavy (non-hydrogen) atoms. The molecule has 1 aliphatic carbocycles. The minimum atomic E-state index is -0.760. The number of imide groups is 1. The number of benzene rings is 1. The van der Waals surface area contributed by atoms with Crippen molar-refractivity contribution in [3.63, 3.8) is 0 Å². The Balaban J connectivity index is 2.01. The Morgan fingerprint density at radius 3 is 2.39 bits per heavy atom. The van der Waals surface area contributed by atoms with E-state index in [9.17, 15) is 14.0 Å². The summed E-state index contributed by atoms with van der Waals surface area (Å²) in [5.41, 5.74) is 0.814. The van der Waals surface area contributed by atoms with Gasteiger partial charge < -0.3 is 4.74 Å². The Labute approximate surface area is 137 Å². The molecule has 2 aliphatic rings. The van der Waals surface area contributed by atoms with Crippen molar-refractivity contribution in [2.24, 2.45) is 0 Å². The molecule has 1 aromatic carbocycles. The highest BCUT2D eigenvalue weighted by atomic mass is 35.5. The zero-order valence-corrected chi connectivity index (χ0v) is 13.0. The molecule has 0 unspecified atom stereocenters. The van der Waals surface area contributed by atoms with Gasteiger partial charge in [0.05, 0.1) is 22.2 Å². The lowest BCUT2D eigenvalue weighted by Gasteiger charge is -2.08. The first-order valence-corrected chi connectivity index (χ1v) is 7.58. The number of rotatable bonds is 3. The van der Waals surface area contributed by atoms with Gasteiger partial charge in [-0.05, 0) is 25.7 Å². The SMILES string of the molecule is C#CCOc1cc([N+]2C(=O)C3=C(CCCC3)C2=O)c(F)cc1Cl. The van der Waals surface area contributed by atoms with Crippen LogP contribution in [0.5, 0.6) is 5.75 Å². The Hall–Kier alpha value is -2.16. The first-order valence-electron chi connectivity index (χ1n) is 7.20. The van der Waals surface area contributed by atoms with Gasteiger partial charge in [0.15, 0.2) is 5.82 Å². The number of amides is 2. The molecule has 0 aromatic heterocycles. The van der Waals surface area contributed by atoms with E-state index in [0.29, 0.717) is 24.0 Å². The standard InChI is InChI=1S/C17H13ClFNO3/c1-2-7-23-15-9-14(13(19)8-12(15)18)20-16(21)10-5-3-4-6-11(10)17(20)22/h1,8-9H,3-7H2/q+1. The van der Waals surface area contributed by atoms with Crippen molar-refractivity contribution in [2.45, 2.75) is 25.7 Å².